The summed E-state index contributed by atoms with van der Waals surface area (Å²) in [6.45, 7) is 2.84. The molecule has 0 aliphatic carbocycles. The molecule has 4 nitrogen and oxygen atoms in total. The van der Waals surface area contributed by atoms with Crippen molar-refractivity contribution in [3.05, 3.63) is 18.2 Å². The van der Waals surface area contributed by atoms with Gasteiger partial charge < -0.3 is 19.9 Å². The first kappa shape index (κ1) is 10.1. The second kappa shape index (κ2) is 4.40. The smallest absolute Gasteiger partial charge is 0.231 e. The van der Waals surface area contributed by atoms with E-state index in [1.165, 1.54) is 0 Å². The highest BCUT2D eigenvalue weighted by molar-refractivity contribution is 5.46. The first-order chi connectivity index (χ1) is 7.29. The molecular formula is C11H15NO3. The van der Waals surface area contributed by atoms with Crippen LogP contribution >= 0.6 is 0 Å². The van der Waals surface area contributed by atoms with Crippen molar-refractivity contribution in [3.8, 4) is 17.2 Å². The highest BCUT2D eigenvalue weighted by Gasteiger charge is 2.13. The maximum atomic E-state index is 5.75. The lowest BCUT2D eigenvalue weighted by atomic mass is 10.2. The molecule has 4 heteroatoms. The van der Waals surface area contributed by atoms with Crippen molar-refractivity contribution in [1.82, 2.24) is 0 Å². The average Bonchev–Trinajstić information content (AvgIpc) is 2.72. The summed E-state index contributed by atoms with van der Waals surface area (Å²) in [7, 11) is 0. The van der Waals surface area contributed by atoms with Crippen molar-refractivity contribution in [3.63, 3.8) is 0 Å². The van der Waals surface area contributed by atoms with Gasteiger partial charge in [-0.05, 0) is 18.6 Å². The average molecular weight is 209 g/mol. The summed E-state index contributed by atoms with van der Waals surface area (Å²) in [5.41, 5.74) is 5.75. The molecule has 1 aromatic carbocycles. The molecule has 0 fully saturated rings. The molecule has 1 aliphatic heterocycles. The van der Waals surface area contributed by atoms with Crippen LogP contribution in [-0.4, -0.2) is 19.4 Å². The number of fused-ring (bicyclic) bond motifs is 1. The van der Waals surface area contributed by atoms with Gasteiger partial charge in [-0.1, -0.05) is 6.92 Å². The van der Waals surface area contributed by atoms with Crippen molar-refractivity contribution < 1.29 is 14.2 Å². The predicted octanol–water partition coefficient (Wildman–Crippen LogP) is 1.53. The fraction of sp³-hybridized carbons (Fsp3) is 0.455. The Balaban J connectivity index is 1.98. The third kappa shape index (κ3) is 2.33. The Kier molecular flexibility index (Phi) is 2.97. The molecule has 82 valence electrons. The maximum Gasteiger partial charge on any atom is 0.231 e. The molecule has 0 bridgehead atoms. The number of benzene rings is 1. The second-order valence-corrected chi connectivity index (χ2v) is 3.49. The highest BCUT2D eigenvalue weighted by atomic mass is 16.7. The first-order valence-corrected chi connectivity index (χ1v) is 5.07. The largest absolute Gasteiger partial charge is 0.492 e. The molecule has 1 unspecified atom stereocenters. The molecule has 1 heterocycles. The topological polar surface area (TPSA) is 53.7 Å². The third-order valence-corrected chi connectivity index (χ3v) is 2.33. The summed E-state index contributed by atoms with van der Waals surface area (Å²) in [6.07, 6.45) is 0.907. The Hall–Kier alpha value is -1.42. The Bertz CT molecular complexity index is 341. The molecule has 0 amide bonds. The van der Waals surface area contributed by atoms with Crippen LogP contribution in [-0.2, 0) is 0 Å². The SMILES string of the molecule is CCC(N)COc1ccc2c(c1)OCO2. The quantitative estimate of drug-likeness (QED) is 0.817. The lowest BCUT2D eigenvalue weighted by Crippen LogP contribution is -2.26. The summed E-state index contributed by atoms with van der Waals surface area (Å²) in [5.74, 6) is 2.27. The fourth-order valence-electron chi connectivity index (χ4n) is 1.29. The van der Waals surface area contributed by atoms with Gasteiger partial charge >= 0.3 is 0 Å². The molecule has 2 N–H and O–H groups in total. The molecule has 0 saturated heterocycles. The number of ether oxygens (including phenoxy) is 3. The Labute approximate surface area is 88.9 Å². The van der Waals surface area contributed by atoms with Gasteiger partial charge in [0.25, 0.3) is 0 Å². The van der Waals surface area contributed by atoms with Crippen LogP contribution in [0.25, 0.3) is 0 Å². The van der Waals surface area contributed by atoms with E-state index < -0.39 is 0 Å². The lowest BCUT2D eigenvalue weighted by molar-refractivity contribution is 0.173. The van der Waals surface area contributed by atoms with Gasteiger partial charge in [-0.15, -0.1) is 0 Å². The van der Waals surface area contributed by atoms with Crippen molar-refractivity contribution in [2.45, 2.75) is 19.4 Å². The number of hydrogen-bond acceptors (Lipinski definition) is 4. The van der Waals surface area contributed by atoms with E-state index in [4.69, 9.17) is 19.9 Å². The standard InChI is InChI=1S/C11H15NO3/c1-2-8(12)6-13-9-3-4-10-11(5-9)15-7-14-10/h3-5,8H,2,6-7,12H2,1H3. The molecule has 1 aromatic rings. The number of hydrogen-bond donors (Lipinski definition) is 1. The van der Waals surface area contributed by atoms with Gasteiger partial charge in [0, 0.05) is 12.1 Å². The van der Waals surface area contributed by atoms with Gasteiger partial charge in [-0.25, -0.2) is 0 Å². The zero-order valence-corrected chi connectivity index (χ0v) is 8.73. The van der Waals surface area contributed by atoms with Crippen LogP contribution in [0.5, 0.6) is 17.2 Å². The van der Waals surface area contributed by atoms with E-state index in [0.29, 0.717) is 6.61 Å². The normalized spacial score (nSPS) is 15.1. The third-order valence-electron chi connectivity index (χ3n) is 2.33. The van der Waals surface area contributed by atoms with Gasteiger partial charge in [-0.3, -0.25) is 0 Å². The van der Waals surface area contributed by atoms with Crippen LogP contribution < -0.4 is 19.9 Å². The molecule has 15 heavy (non-hydrogen) atoms. The van der Waals surface area contributed by atoms with Crippen LogP contribution in [0.4, 0.5) is 0 Å². The van der Waals surface area contributed by atoms with Crippen LogP contribution in [0.2, 0.25) is 0 Å². The Morgan fingerprint density at radius 3 is 3.00 bits per heavy atom. The van der Waals surface area contributed by atoms with E-state index in [-0.39, 0.29) is 12.8 Å². The van der Waals surface area contributed by atoms with E-state index >= 15 is 0 Å². The molecule has 1 aliphatic rings. The fourth-order valence-corrected chi connectivity index (χ4v) is 1.29. The monoisotopic (exact) mass is 209 g/mol. The van der Waals surface area contributed by atoms with Crippen LogP contribution in [0, 0.1) is 0 Å². The van der Waals surface area contributed by atoms with Crippen molar-refractivity contribution in [1.29, 1.82) is 0 Å². The molecule has 2 rings (SSSR count). The molecule has 0 saturated carbocycles. The number of rotatable bonds is 4. The predicted molar refractivity (Wildman–Crippen MR) is 56.3 cm³/mol. The van der Waals surface area contributed by atoms with Gasteiger partial charge in [0.2, 0.25) is 6.79 Å². The summed E-state index contributed by atoms with van der Waals surface area (Å²) in [4.78, 5) is 0. The molecule has 1 atom stereocenters. The zero-order chi connectivity index (χ0) is 10.7. The molecule has 0 spiro atoms. The van der Waals surface area contributed by atoms with Crippen LogP contribution in [0.3, 0.4) is 0 Å². The minimum absolute atomic E-state index is 0.0791. The van der Waals surface area contributed by atoms with Crippen LogP contribution in [0.15, 0.2) is 18.2 Å². The van der Waals surface area contributed by atoms with Gasteiger partial charge in [-0.2, -0.15) is 0 Å². The van der Waals surface area contributed by atoms with Crippen molar-refractivity contribution in [2.24, 2.45) is 5.73 Å². The van der Waals surface area contributed by atoms with Crippen molar-refractivity contribution >= 4 is 0 Å². The van der Waals surface area contributed by atoms with Crippen molar-refractivity contribution in [2.75, 3.05) is 13.4 Å². The zero-order valence-electron chi connectivity index (χ0n) is 8.73. The maximum absolute atomic E-state index is 5.75. The minimum atomic E-state index is 0.0791. The second-order valence-electron chi connectivity index (χ2n) is 3.49. The first-order valence-electron chi connectivity index (χ1n) is 5.07. The lowest BCUT2D eigenvalue weighted by Gasteiger charge is -2.11. The van der Waals surface area contributed by atoms with Crippen LogP contribution in [0.1, 0.15) is 13.3 Å². The Morgan fingerprint density at radius 2 is 2.20 bits per heavy atom. The van der Waals surface area contributed by atoms with E-state index in [1.807, 2.05) is 25.1 Å². The van der Waals surface area contributed by atoms with Gasteiger partial charge in [0.05, 0.1) is 0 Å². The number of nitrogens with two attached hydrogens (primary N) is 1. The van der Waals surface area contributed by atoms with E-state index in [2.05, 4.69) is 0 Å². The summed E-state index contributed by atoms with van der Waals surface area (Å²) < 4.78 is 16.0. The molecular weight excluding hydrogens is 194 g/mol. The summed E-state index contributed by atoms with van der Waals surface area (Å²) in [5, 5.41) is 0. The highest BCUT2D eigenvalue weighted by Crippen LogP contribution is 2.35. The summed E-state index contributed by atoms with van der Waals surface area (Å²) in [6, 6.07) is 5.60. The minimum Gasteiger partial charge on any atom is -0.492 e. The van der Waals surface area contributed by atoms with Gasteiger partial charge in [0.15, 0.2) is 11.5 Å². The van der Waals surface area contributed by atoms with Gasteiger partial charge in [0.1, 0.15) is 12.4 Å². The summed E-state index contributed by atoms with van der Waals surface area (Å²) >= 11 is 0. The Morgan fingerprint density at radius 1 is 1.40 bits per heavy atom. The molecule has 0 radical (unpaired) electrons. The van der Waals surface area contributed by atoms with E-state index in [0.717, 1.165) is 23.7 Å². The molecule has 0 aromatic heterocycles. The van der Waals surface area contributed by atoms with E-state index in [1.54, 1.807) is 0 Å². The van der Waals surface area contributed by atoms with E-state index in [9.17, 15) is 0 Å².